The monoisotopic (exact) mass is 453 g/mol. The van der Waals surface area contributed by atoms with Gasteiger partial charge in [-0.1, -0.05) is 50.2 Å². The molecule has 0 radical (unpaired) electrons. The van der Waals surface area contributed by atoms with Crippen LogP contribution in [0.1, 0.15) is 25.8 Å². The summed E-state index contributed by atoms with van der Waals surface area (Å²) in [6.45, 7) is 4.39. The highest BCUT2D eigenvalue weighted by Crippen LogP contribution is 2.19. The molecule has 3 rings (SSSR count). The lowest BCUT2D eigenvalue weighted by molar-refractivity contribution is -0.115. The normalized spacial score (nSPS) is 10.9. The minimum atomic E-state index is -0.663. The predicted octanol–water partition coefficient (Wildman–Crippen LogP) is 2.80. The Balaban J connectivity index is 1.94. The molecule has 1 aromatic heterocycles. The van der Waals surface area contributed by atoms with Crippen LogP contribution in [-0.4, -0.2) is 28.5 Å². The summed E-state index contributed by atoms with van der Waals surface area (Å²) < 4.78 is 14.7. The van der Waals surface area contributed by atoms with Gasteiger partial charge in [-0.15, -0.1) is 0 Å². The van der Waals surface area contributed by atoms with Gasteiger partial charge in [0.15, 0.2) is 0 Å². The summed E-state index contributed by atoms with van der Waals surface area (Å²) in [7, 11) is 0. The van der Waals surface area contributed by atoms with E-state index >= 15 is 0 Å². The van der Waals surface area contributed by atoms with Crippen molar-refractivity contribution in [2.45, 2.75) is 26.8 Å². The molecule has 9 heteroatoms. The van der Waals surface area contributed by atoms with Gasteiger partial charge < -0.3 is 16.0 Å². The first-order valence-electron chi connectivity index (χ1n) is 10.7. The van der Waals surface area contributed by atoms with Crippen molar-refractivity contribution in [3.05, 3.63) is 86.8 Å². The number of nitrogen functional groups attached to an aromatic ring is 1. The Labute approximate surface area is 190 Å². The molecule has 0 fully saturated rings. The molecule has 0 aliphatic rings. The first-order valence-corrected chi connectivity index (χ1v) is 10.7. The third-order valence-corrected chi connectivity index (χ3v) is 5.13. The highest BCUT2D eigenvalue weighted by Gasteiger charge is 2.21. The van der Waals surface area contributed by atoms with E-state index in [9.17, 15) is 18.8 Å². The van der Waals surface area contributed by atoms with Crippen LogP contribution in [-0.2, 0) is 11.3 Å². The van der Waals surface area contributed by atoms with Gasteiger partial charge in [0.25, 0.3) is 5.56 Å². The average Bonchev–Trinajstić information content (AvgIpc) is 2.75. The summed E-state index contributed by atoms with van der Waals surface area (Å²) in [6.07, 6.45) is 0.684. The van der Waals surface area contributed by atoms with Gasteiger partial charge in [0.05, 0.1) is 13.1 Å². The standard InChI is InChI=1S/C24H28FN5O3/c1-16(2)11-12-29(15-20(31)27-19-10-6-9-18(25)13-19)21-22(26)30(24(33)28-23(21)32)14-17-7-4-3-5-8-17/h3-10,13,16H,11-12,14-15,26H2,1-2H3,(H,27,31)(H,28,32,33). The Hall–Kier alpha value is -3.88. The van der Waals surface area contributed by atoms with Gasteiger partial charge in [-0.3, -0.25) is 19.1 Å². The molecule has 0 saturated heterocycles. The summed E-state index contributed by atoms with van der Waals surface area (Å²) in [5, 5.41) is 2.63. The second-order valence-electron chi connectivity index (χ2n) is 8.23. The number of carbonyl (C=O) groups is 1. The number of anilines is 3. The van der Waals surface area contributed by atoms with E-state index in [0.717, 1.165) is 5.56 Å². The number of halogens is 1. The smallest absolute Gasteiger partial charge is 0.330 e. The number of nitrogens with zero attached hydrogens (tertiary/aromatic N) is 2. The number of nitrogens with two attached hydrogens (primary N) is 1. The van der Waals surface area contributed by atoms with Gasteiger partial charge in [-0.25, -0.2) is 9.18 Å². The zero-order valence-electron chi connectivity index (χ0n) is 18.7. The number of hydrogen-bond donors (Lipinski definition) is 3. The summed E-state index contributed by atoms with van der Waals surface area (Å²) in [6, 6.07) is 14.8. The highest BCUT2D eigenvalue weighted by atomic mass is 19.1. The van der Waals surface area contributed by atoms with Crippen molar-refractivity contribution < 1.29 is 9.18 Å². The van der Waals surface area contributed by atoms with E-state index in [4.69, 9.17) is 5.73 Å². The quantitative estimate of drug-likeness (QED) is 0.461. The van der Waals surface area contributed by atoms with Gasteiger partial charge in [0, 0.05) is 12.2 Å². The zero-order chi connectivity index (χ0) is 24.0. The molecule has 0 spiro atoms. The molecule has 33 heavy (non-hydrogen) atoms. The van der Waals surface area contributed by atoms with Crippen molar-refractivity contribution in [1.82, 2.24) is 9.55 Å². The molecule has 3 aromatic rings. The molecule has 0 aliphatic carbocycles. The predicted molar refractivity (Wildman–Crippen MR) is 128 cm³/mol. The van der Waals surface area contributed by atoms with Crippen LogP contribution >= 0.6 is 0 Å². The Bertz CT molecular complexity index is 1220. The number of aromatic amines is 1. The molecule has 0 unspecified atom stereocenters. The molecule has 0 aliphatic heterocycles. The van der Waals surface area contributed by atoms with Crippen molar-refractivity contribution in [3.63, 3.8) is 0 Å². The van der Waals surface area contributed by atoms with Crippen molar-refractivity contribution >= 4 is 23.1 Å². The summed E-state index contributed by atoms with van der Waals surface area (Å²) in [5.74, 6) is -0.633. The Morgan fingerprint density at radius 1 is 1.15 bits per heavy atom. The highest BCUT2D eigenvalue weighted by molar-refractivity contribution is 5.94. The van der Waals surface area contributed by atoms with Crippen LogP contribution in [0.5, 0.6) is 0 Å². The molecule has 1 heterocycles. The van der Waals surface area contributed by atoms with E-state index in [-0.39, 0.29) is 24.6 Å². The molecule has 174 valence electrons. The van der Waals surface area contributed by atoms with Gasteiger partial charge >= 0.3 is 5.69 Å². The minimum absolute atomic E-state index is 0.0186. The lowest BCUT2D eigenvalue weighted by atomic mass is 10.1. The number of hydrogen-bond acceptors (Lipinski definition) is 5. The van der Waals surface area contributed by atoms with Crippen molar-refractivity contribution in [2.75, 3.05) is 29.0 Å². The minimum Gasteiger partial charge on any atom is -0.383 e. The number of rotatable bonds is 9. The Kier molecular flexibility index (Phi) is 7.66. The van der Waals surface area contributed by atoms with Crippen molar-refractivity contribution in [1.29, 1.82) is 0 Å². The number of aromatic nitrogens is 2. The molecule has 2 aromatic carbocycles. The fourth-order valence-electron chi connectivity index (χ4n) is 3.43. The molecule has 0 bridgehead atoms. The van der Waals surface area contributed by atoms with Gasteiger partial charge in [-0.05, 0) is 36.1 Å². The zero-order valence-corrected chi connectivity index (χ0v) is 18.7. The van der Waals surface area contributed by atoms with Crippen molar-refractivity contribution in [3.8, 4) is 0 Å². The van der Waals surface area contributed by atoms with Crippen LogP contribution in [0.25, 0.3) is 0 Å². The molecular formula is C24H28FN5O3. The number of benzene rings is 2. The number of nitrogens with one attached hydrogen (secondary N) is 2. The lowest BCUT2D eigenvalue weighted by Gasteiger charge is -2.26. The fraction of sp³-hybridized carbons (Fsp3) is 0.292. The topological polar surface area (TPSA) is 113 Å². The Morgan fingerprint density at radius 2 is 1.88 bits per heavy atom. The van der Waals surface area contributed by atoms with Crippen LogP contribution in [0.2, 0.25) is 0 Å². The summed E-state index contributed by atoms with van der Waals surface area (Å²) in [5.41, 5.74) is 6.22. The van der Waals surface area contributed by atoms with Crippen LogP contribution in [0, 0.1) is 11.7 Å². The third kappa shape index (κ3) is 6.31. The van der Waals surface area contributed by atoms with E-state index in [1.165, 1.54) is 22.8 Å². The number of H-pyrrole nitrogens is 1. The number of amides is 1. The summed E-state index contributed by atoms with van der Waals surface area (Å²) >= 11 is 0. The van der Waals surface area contributed by atoms with E-state index in [2.05, 4.69) is 10.3 Å². The first kappa shape index (κ1) is 23.8. The second-order valence-corrected chi connectivity index (χ2v) is 8.23. The number of carbonyl (C=O) groups excluding carboxylic acids is 1. The third-order valence-electron chi connectivity index (χ3n) is 5.13. The van der Waals surface area contributed by atoms with E-state index in [1.807, 2.05) is 44.2 Å². The van der Waals surface area contributed by atoms with Gasteiger partial charge in [0.2, 0.25) is 5.91 Å². The van der Waals surface area contributed by atoms with Crippen LogP contribution < -0.4 is 27.2 Å². The maximum atomic E-state index is 13.5. The Morgan fingerprint density at radius 3 is 2.55 bits per heavy atom. The fourth-order valence-corrected chi connectivity index (χ4v) is 3.43. The first-order chi connectivity index (χ1) is 15.7. The SMILES string of the molecule is CC(C)CCN(CC(=O)Nc1cccc(F)c1)c1c(N)n(Cc2ccccc2)c(=O)[nH]c1=O. The average molecular weight is 454 g/mol. The molecule has 8 nitrogen and oxygen atoms in total. The molecular weight excluding hydrogens is 425 g/mol. The second kappa shape index (κ2) is 10.6. The molecule has 1 amide bonds. The van der Waals surface area contributed by atoms with Crippen LogP contribution in [0.4, 0.5) is 21.6 Å². The van der Waals surface area contributed by atoms with Crippen LogP contribution in [0.3, 0.4) is 0 Å². The molecule has 4 N–H and O–H groups in total. The molecule has 0 atom stereocenters. The lowest BCUT2D eigenvalue weighted by Crippen LogP contribution is -2.42. The van der Waals surface area contributed by atoms with E-state index < -0.39 is 23.0 Å². The van der Waals surface area contributed by atoms with Gasteiger partial charge in [-0.2, -0.15) is 0 Å². The maximum Gasteiger partial charge on any atom is 0.330 e. The maximum absolute atomic E-state index is 13.5. The summed E-state index contributed by atoms with van der Waals surface area (Å²) in [4.78, 5) is 41.9. The largest absolute Gasteiger partial charge is 0.383 e. The van der Waals surface area contributed by atoms with E-state index in [1.54, 1.807) is 11.0 Å². The van der Waals surface area contributed by atoms with Crippen molar-refractivity contribution in [2.24, 2.45) is 5.92 Å². The molecule has 0 saturated carbocycles. The van der Waals surface area contributed by atoms with Crippen LogP contribution in [0.15, 0.2) is 64.2 Å². The van der Waals surface area contributed by atoms with E-state index in [0.29, 0.717) is 24.6 Å². The van der Waals surface area contributed by atoms with Gasteiger partial charge in [0.1, 0.15) is 17.3 Å².